The lowest BCUT2D eigenvalue weighted by Crippen LogP contribution is -2.36. The molecule has 1 aromatic heterocycles. The number of hydrogen-bond donors (Lipinski definition) is 0. The second kappa shape index (κ2) is 9.03. The first-order chi connectivity index (χ1) is 13.8. The minimum Gasteiger partial charge on any atom is -0.354 e. The predicted octanol–water partition coefficient (Wildman–Crippen LogP) is 4.99. The first-order valence-corrected chi connectivity index (χ1v) is 9.94. The van der Waals surface area contributed by atoms with Crippen molar-refractivity contribution in [2.75, 3.05) is 31.1 Å². The van der Waals surface area contributed by atoms with E-state index in [1.165, 1.54) is 0 Å². The van der Waals surface area contributed by atoms with Gasteiger partial charge in [-0.25, -0.2) is 4.98 Å². The fourth-order valence-electron chi connectivity index (χ4n) is 3.49. The highest BCUT2D eigenvalue weighted by Gasteiger charge is 2.32. The van der Waals surface area contributed by atoms with Crippen molar-refractivity contribution in [3.05, 3.63) is 58.7 Å². The number of nitrogens with zero attached hydrogens (tertiary/aromatic N) is 3. The maximum Gasteiger partial charge on any atom is 0.417 e. The van der Waals surface area contributed by atoms with E-state index in [9.17, 15) is 18.0 Å². The molecule has 1 aromatic carbocycles. The van der Waals surface area contributed by atoms with Crippen LogP contribution in [0.1, 0.15) is 36.8 Å². The van der Waals surface area contributed by atoms with Gasteiger partial charge in [-0.05, 0) is 24.0 Å². The third-order valence-corrected chi connectivity index (χ3v) is 5.42. The summed E-state index contributed by atoms with van der Waals surface area (Å²) in [5.74, 6) is 0.523. The first kappa shape index (κ1) is 21.4. The minimum absolute atomic E-state index is 0.0303. The van der Waals surface area contributed by atoms with Crippen LogP contribution in [0.15, 0.2) is 42.6 Å². The van der Waals surface area contributed by atoms with Gasteiger partial charge in [-0.2, -0.15) is 13.2 Å². The molecule has 1 unspecified atom stereocenters. The van der Waals surface area contributed by atoms with Crippen molar-refractivity contribution in [1.29, 1.82) is 0 Å². The number of aromatic nitrogens is 1. The lowest BCUT2D eigenvalue weighted by atomic mass is 9.97. The van der Waals surface area contributed by atoms with Gasteiger partial charge in [-0.3, -0.25) is 4.79 Å². The van der Waals surface area contributed by atoms with Crippen LogP contribution in [0.4, 0.5) is 19.0 Å². The summed E-state index contributed by atoms with van der Waals surface area (Å²) in [5, 5.41) is -0.0303. The molecule has 2 heterocycles. The van der Waals surface area contributed by atoms with Gasteiger partial charge in [-0.15, -0.1) is 0 Å². The van der Waals surface area contributed by atoms with Gasteiger partial charge < -0.3 is 9.80 Å². The summed E-state index contributed by atoms with van der Waals surface area (Å²) in [4.78, 5) is 20.3. The van der Waals surface area contributed by atoms with Gasteiger partial charge in [0.1, 0.15) is 5.82 Å². The van der Waals surface area contributed by atoms with Crippen LogP contribution in [-0.4, -0.2) is 42.0 Å². The number of carbonyl (C=O) groups is 1. The fourth-order valence-corrected chi connectivity index (χ4v) is 3.77. The Morgan fingerprint density at radius 3 is 2.55 bits per heavy atom. The van der Waals surface area contributed by atoms with Crippen LogP contribution >= 0.6 is 11.6 Å². The summed E-state index contributed by atoms with van der Waals surface area (Å²) in [6.07, 6.45) is -2.56. The average molecular weight is 426 g/mol. The molecule has 1 aliphatic rings. The summed E-state index contributed by atoms with van der Waals surface area (Å²) in [6.45, 7) is 4.18. The van der Waals surface area contributed by atoms with E-state index >= 15 is 0 Å². The Hall–Kier alpha value is -2.28. The molecule has 0 aliphatic carbocycles. The molecule has 0 N–H and O–H groups in total. The second-order valence-electron chi connectivity index (χ2n) is 7.26. The number of halogens is 4. The summed E-state index contributed by atoms with van der Waals surface area (Å²) in [7, 11) is 0. The van der Waals surface area contributed by atoms with Crippen molar-refractivity contribution in [1.82, 2.24) is 9.88 Å². The summed E-state index contributed by atoms with van der Waals surface area (Å²) >= 11 is 6.07. The Labute approximate surface area is 173 Å². The minimum atomic E-state index is -4.48. The predicted molar refractivity (Wildman–Crippen MR) is 107 cm³/mol. The molecule has 0 radical (unpaired) electrons. The van der Waals surface area contributed by atoms with Gasteiger partial charge in [0.25, 0.3) is 0 Å². The molecule has 1 fully saturated rings. The van der Waals surface area contributed by atoms with E-state index in [1.807, 2.05) is 47.1 Å². The number of pyridine rings is 1. The number of benzene rings is 1. The molecular formula is C21H23ClF3N3O. The standard InChI is InChI=1S/C21H23ClF3N3O/c1-15(16-6-3-2-4-7-16)12-19(29)27-8-5-9-28(11-10-27)20-18(22)13-17(14-26-20)21(23,24)25/h2-4,6-7,13-15H,5,8-12H2,1H3. The van der Waals surface area contributed by atoms with E-state index in [4.69, 9.17) is 11.6 Å². The Balaban J connectivity index is 1.62. The zero-order valence-corrected chi connectivity index (χ0v) is 16.9. The van der Waals surface area contributed by atoms with Crippen LogP contribution in [0.5, 0.6) is 0 Å². The molecule has 0 bridgehead atoms. The summed E-state index contributed by atoms with van der Waals surface area (Å²) in [6, 6.07) is 10.8. The van der Waals surface area contributed by atoms with E-state index in [-0.39, 0.29) is 16.8 Å². The molecular weight excluding hydrogens is 403 g/mol. The monoisotopic (exact) mass is 425 g/mol. The topological polar surface area (TPSA) is 36.4 Å². The SMILES string of the molecule is CC(CC(=O)N1CCCN(c2ncc(C(F)(F)F)cc2Cl)CC1)c1ccccc1. The molecule has 1 aliphatic heterocycles. The van der Waals surface area contributed by atoms with Gasteiger partial charge in [0.2, 0.25) is 5.91 Å². The van der Waals surface area contributed by atoms with Crippen LogP contribution < -0.4 is 4.90 Å². The van der Waals surface area contributed by atoms with Crippen molar-refractivity contribution in [3.63, 3.8) is 0 Å². The van der Waals surface area contributed by atoms with Crippen LogP contribution in [0, 0.1) is 0 Å². The van der Waals surface area contributed by atoms with Crippen molar-refractivity contribution in [2.45, 2.75) is 31.9 Å². The third kappa shape index (κ3) is 5.41. The Morgan fingerprint density at radius 1 is 1.17 bits per heavy atom. The number of anilines is 1. The zero-order chi connectivity index (χ0) is 21.0. The maximum absolute atomic E-state index is 12.8. The van der Waals surface area contributed by atoms with E-state index in [0.29, 0.717) is 44.8 Å². The average Bonchev–Trinajstić information content (AvgIpc) is 2.94. The quantitative estimate of drug-likeness (QED) is 0.692. The van der Waals surface area contributed by atoms with Crippen molar-refractivity contribution in [3.8, 4) is 0 Å². The maximum atomic E-state index is 12.8. The molecule has 0 spiro atoms. The van der Waals surface area contributed by atoms with Gasteiger partial charge >= 0.3 is 6.18 Å². The van der Waals surface area contributed by atoms with Gasteiger partial charge in [0.05, 0.1) is 10.6 Å². The molecule has 8 heteroatoms. The zero-order valence-electron chi connectivity index (χ0n) is 16.1. The molecule has 3 rings (SSSR count). The molecule has 0 saturated carbocycles. The first-order valence-electron chi connectivity index (χ1n) is 9.56. The molecule has 156 valence electrons. The van der Waals surface area contributed by atoms with E-state index in [1.54, 1.807) is 0 Å². The molecule has 29 heavy (non-hydrogen) atoms. The highest BCUT2D eigenvalue weighted by Crippen LogP contribution is 2.33. The van der Waals surface area contributed by atoms with Gasteiger partial charge in [0, 0.05) is 38.8 Å². The second-order valence-corrected chi connectivity index (χ2v) is 7.67. The summed E-state index contributed by atoms with van der Waals surface area (Å²) in [5.41, 5.74) is 0.255. The number of rotatable bonds is 4. The molecule has 2 aromatic rings. The highest BCUT2D eigenvalue weighted by atomic mass is 35.5. The van der Waals surface area contributed by atoms with E-state index in [0.717, 1.165) is 17.8 Å². The number of amides is 1. The van der Waals surface area contributed by atoms with Crippen LogP contribution in [-0.2, 0) is 11.0 Å². The Kier molecular flexibility index (Phi) is 6.67. The largest absolute Gasteiger partial charge is 0.417 e. The molecule has 1 atom stereocenters. The van der Waals surface area contributed by atoms with Gasteiger partial charge in [-0.1, -0.05) is 48.9 Å². The van der Waals surface area contributed by atoms with Gasteiger partial charge in [0.15, 0.2) is 0 Å². The third-order valence-electron chi connectivity index (χ3n) is 5.15. The molecule has 4 nitrogen and oxygen atoms in total. The van der Waals surface area contributed by atoms with Crippen molar-refractivity contribution >= 4 is 23.3 Å². The number of carbonyl (C=O) groups excluding carboxylic acids is 1. The summed E-state index contributed by atoms with van der Waals surface area (Å²) < 4.78 is 38.5. The molecule has 1 amide bonds. The Bertz CT molecular complexity index is 845. The molecule has 1 saturated heterocycles. The smallest absolute Gasteiger partial charge is 0.354 e. The number of hydrogen-bond acceptors (Lipinski definition) is 3. The lowest BCUT2D eigenvalue weighted by Gasteiger charge is -2.24. The van der Waals surface area contributed by atoms with Crippen LogP contribution in [0.2, 0.25) is 5.02 Å². The van der Waals surface area contributed by atoms with Crippen molar-refractivity contribution in [2.24, 2.45) is 0 Å². The fraction of sp³-hybridized carbons (Fsp3) is 0.429. The Morgan fingerprint density at radius 2 is 1.90 bits per heavy atom. The lowest BCUT2D eigenvalue weighted by molar-refractivity contribution is -0.137. The highest BCUT2D eigenvalue weighted by molar-refractivity contribution is 6.33. The van der Waals surface area contributed by atoms with Crippen LogP contribution in [0.3, 0.4) is 0 Å². The van der Waals surface area contributed by atoms with Crippen molar-refractivity contribution < 1.29 is 18.0 Å². The van der Waals surface area contributed by atoms with E-state index in [2.05, 4.69) is 4.98 Å². The normalized spacial score (nSPS) is 16.4. The van der Waals surface area contributed by atoms with E-state index < -0.39 is 11.7 Å². The number of alkyl halides is 3. The van der Waals surface area contributed by atoms with Crippen LogP contribution in [0.25, 0.3) is 0 Å².